The first-order valence-electron chi connectivity index (χ1n) is 8.35. The molecule has 0 N–H and O–H groups in total. The van der Waals surface area contributed by atoms with E-state index >= 15 is 0 Å². The Morgan fingerprint density at radius 2 is 1.88 bits per heavy atom. The fourth-order valence-corrected chi connectivity index (χ4v) is 4.50. The van der Waals surface area contributed by atoms with Gasteiger partial charge in [-0.1, -0.05) is 29.8 Å². The Kier molecular flexibility index (Phi) is 5.24. The van der Waals surface area contributed by atoms with E-state index in [1.807, 2.05) is 31.2 Å². The van der Waals surface area contributed by atoms with E-state index in [9.17, 15) is 18.5 Å². The third-order valence-corrected chi connectivity index (χ3v) is 6.20. The highest BCUT2D eigenvalue weighted by molar-refractivity contribution is 7.89. The first-order valence-corrected chi connectivity index (χ1v) is 9.79. The van der Waals surface area contributed by atoms with Crippen molar-refractivity contribution in [2.75, 3.05) is 13.1 Å². The summed E-state index contributed by atoms with van der Waals surface area (Å²) in [4.78, 5) is 10.7. The maximum atomic E-state index is 12.6. The topological polar surface area (TPSA) is 89.8 Å². The largest absolute Gasteiger partial charge is 0.482 e. The van der Waals surface area contributed by atoms with Crippen molar-refractivity contribution in [3.8, 4) is 5.75 Å². The van der Waals surface area contributed by atoms with Gasteiger partial charge in [-0.25, -0.2) is 8.42 Å². The average Bonchev–Trinajstić information content (AvgIpc) is 3.15. The van der Waals surface area contributed by atoms with Gasteiger partial charge in [0.25, 0.3) is 0 Å². The van der Waals surface area contributed by atoms with Crippen molar-refractivity contribution < 1.29 is 18.1 Å². The van der Waals surface area contributed by atoms with Crippen molar-refractivity contribution in [1.29, 1.82) is 0 Å². The van der Waals surface area contributed by atoms with Crippen LogP contribution in [0.1, 0.15) is 24.0 Å². The highest BCUT2D eigenvalue weighted by atomic mass is 32.2. The standard InChI is InChI=1S/C18H20N2O5S/c1-14-5-4-6-15(11-14)13-25-18-8-7-16(12-17(18)20(21)22)26(23,24)19-9-2-3-10-19/h4-8,11-12H,2-3,9-10,13H2,1H3. The Morgan fingerprint density at radius 1 is 1.15 bits per heavy atom. The number of aryl methyl sites for hydroxylation is 1. The Bertz CT molecular complexity index is 921. The molecule has 0 spiro atoms. The zero-order chi connectivity index (χ0) is 18.7. The summed E-state index contributed by atoms with van der Waals surface area (Å²) in [5.74, 6) is 0.0527. The lowest BCUT2D eigenvalue weighted by Gasteiger charge is -2.16. The van der Waals surface area contributed by atoms with E-state index in [1.54, 1.807) is 0 Å². The maximum Gasteiger partial charge on any atom is 0.312 e. The van der Waals surface area contributed by atoms with Crippen LogP contribution in [0.3, 0.4) is 0 Å². The number of hydrogen-bond donors (Lipinski definition) is 0. The number of rotatable bonds is 6. The predicted molar refractivity (Wildman–Crippen MR) is 96.6 cm³/mol. The highest BCUT2D eigenvalue weighted by Gasteiger charge is 2.29. The van der Waals surface area contributed by atoms with Crippen LogP contribution in [0.5, 0.6) is 5.75 Å². The van der Waals surface area contributed by atoms with Gasteiger partial charge < -0.3 is 4.74 Å². The van der Waals surface area contributed by atoms with Gasteiger partial charge in [0.05, 0.1) is 9.82 Å². The van der Waals surface area contributed by atoms with Crippen LogP contribution < -0.4 is 4.74 Å². The monoisotopic (exact) mass is 376 g/mol. The summed E-state index contributed by atoms with van der Waals surface area (Å²) >= 11 is 0. The Morgan fingerprint density at radius 3 is 2.54 bits per heavy atom. The Labute approximate surface area is 152 Å². The molecule has 1 heterocycles. The molecule has 0 saturated carbocycles. The molecule has 1 aliphatic heterocycles. The van der Waals surface area contributed by atoms with Gasteiger partial charge in [-0.15, -0.1) is 0 Å². The molecule has 0 aliphatic carbocycles. The van der Waals surface area contributed by atoms with Gasteiger partial charge in [0, 0.05) is 19.2 Å². The lowest BCUT2D eigenvalue weighted by atomic mass is 10.1. The molecule has 8 heteroatoms. The smallest absolute Gasteiger partial charge is 0.312 e. The van der Waals surface area contributed by atoms with Crippen LogP contribution >= 0.6 is 0 Å². The molecule has 1 saturated heterocycles. The first-order chi connectivity index (χ1) is 12.4. The number of hydrogen-bond acceptors (Lipinski definition) is 5. The van der Waals surface area contributed by atoms with Crippen molar-refractivity contribution in [1.82, 2.24) is 4.31 Å². The summed E-state index contributed by atoms with van der Waals surface area (Å²) in [6.07, 6.45) is 1.61. The number of nitro groups is 1. The average molecular weight is 376 g/mol. The number of benzene rings is 2. The number of ether oxygens (including phenoxy) is 1. The lowest BCUT2D eigenvalue weighted by molar-refractivity contribution is -0.386. The van der Waals surface area contributed by atoms with Crippen LogP contribution in [0.15, 0.2) is 47.4 Å². The van der Waals surface area contributed by atoms with Crippen LogP contribution in [-0.2, 0) is 16.6 Å². The normalized spacial score (nSPS) is 15.1. The second-order valence-corrected chi connectivity index (χ2v) is 8.21. The van der Waals surface area contributed by atoms with E-state index in [2.05, 4.69) is 0 Å². The van der Waals surface area contributed by atoms with Crippen molar-refractivity contribution in [2.24, 2.45) is 0 Å². The second-order valence-electron chi connectivity index (χ2n) is 6.28. The molecule has 1 aliphatic rings. The number of sulfonamides is 1. The Balaban J connectivity index is 1.86. The molecule has 138 valence electrons. The number of nitrogens with zero attached hydrogens (tertiary/aromatic N) is 2. The first kappa shape index (κ1) is 18.3. The van der Waals surface area contributed by atoms with E-state index in [0.717, 1.165) is 30.0 Å². The predicted octanol–water partition coefficient (Wildman–Crippen LogP) is 3.27. The summed E-state index contributed by atoms with van der Waals surface area (Å²) in [5.41, 5.74) is 1.60. The molecular weight excluding hydrogens is 356 g/mol. The van der Waals surface area contributed by atoms with E-state index in [1.165, 1.54) is 16.4 Å². The van der Waals surface area contributed by atoms with Crippen LogP contribution in [0, 0.1) is 17.0 Å². The zero-order valence-corrected chi connectivity index (χ0v) is 15.2. The van der Waals surface area contributed by atoms with E-state index in [4.69, 9.17) is 4.74 Å². The molecule has 0 aromatic heterocycles. The van der Waals surface area contributed by atoms with Crippen molar-refractivity contribution >= 4 is 15.7 Å². The molecular formula is C18H20N2O5S. The summed E-state index contributed by atoms with van der Waals surface area (Å²) in [6.45, 7) is 3.01. The summed E-state index contributed by atoms with van der Waals surface area (Å²) in [7, 11) is -3.71. The van der Waals surface area contributed by atoms with Gasteiger partial charge in [-0.05, 0) is 37.5 Å². The molecule has 3 rings (SSSR count). The molecule has 2 aromatic carbocycles. The van der Waals surface area contributed by atoms with Crippen molar-refractivity contribution in [3.05, 3.63) is 63.7 Å². The zero-order valence-electron chi connectivity index (χ0n) is 14.4. The summed E-state index contributed by atoms with van der Waals surface area (Å²) in [6, 6.07) is 11.4. The fraction of sp³-hybridized carbons (Fsp3) is 0.333. The third kappa shape index (κ3) is 3.86. The summed E-state index contributed by atoms with van der Waals surface area (Å²) < 4.78 is 32.1. The van der Waals surface area contributed by atoms with E-state index in [0.29, 0.717) is 13.1 Å². The third-order valence-electron chi connectivity index (χ3n) is 4.31. The van der Waals surface area contributed by atoms with Gasteiger partial charge in [-0.3, -0.25) is 10.1 Å². The minimum atomic E-state index is -3.71. The van der Waals surface area contributed by atoms with Crippen LogP contribution in [-0.4, -0.2) is 30.7 Å². The molecule has 2 aromatic rings. The fourth-order valence-electron chi connectivity index (χ4n) is 2.96. The van der Waals surface area contributed by atoms with Crippen molar-refractivity contribution in [2.45, 2.75) is 31.3 Å². The molecule has 1 fully saturated rings. The van der Waals surface area contributed by atoms with Crippen LogP contribution in [0.25, 0.3) is 0 Å². The molecule has 0 radical (unpaired) electrons. The van der Waals surface area contributed by atoms with Crippen LogP contribution in [0.4, 0.5) is 5.69 Å². The summed E-state index contributed by atoms with van der Waals surface area (Å²) in [5, 5.41) is 11.4. The Hall–Kier alpha value is -2.45. The van der Waals surface area contributed by atoms with Gasteiger partial charge in [-0.2, -0.15) is 4.31 Å². The SMILES string of the molecule is Cc1cccc(COc2ccc(S(=O)(=O)N3CCCC3)cc2[N+](=O)[O-])c1. The number of nitro benzene ring substituents is 1. The second kappa shape index (κ2) is 7.43. The van der Waals surface area contributed by atoms with Crippen molar-refractivity contribution in [3.63, 3.8) is 0 Å². The van der Waals surface area contributed by atoms with E-state index in [-0.39, 0.29) is 22.9 Å². The van der Waals surface area contributed by atoms with Gasteiger partial charge in [0.2, 0.25) is 10.0 Å². The lowest BCUT2D eigenvalue weighted by Crippen LogP contribution is -2.27. The molecule has 0 unspecified atom stereocenters. The van der Waals surface area contributed by atoms with Crippen LogP contribution in [0.2, 0.25) is 0 Å². The minimum absolute atomic E-state index is 0.0527. The molecule has 0 atom stereocenters. The highest BCUT2D eigenvalue weighted by Crippen LogP contribution is 2.32. The van der Waals surface area contributed by atoms with E-state index < -0.39 is 14.9 Å². The van der Waals surface area contributed by atoms with Gasteiger partial charge in [0.1, 0.15) is 6.61 Å². The van der Waals surface area contributed by atoms with Gasteiger partial charge in [0.15, 0.2) is 5.75 Å². The maximum absolute atomic E-state index is 12.6. The quantitative estimate of drug-likeness (QED) is 0.570. The minimum Gasteiger partial charge on any atom is -0.482 e. The van der Waals surface area contributed by atoms with Gasteiger partial charge >= 0.3 is 5.69 Å². The molecule has 0 bridgehead atoms. The molecule has 7 nitrogen and oxygen atoms in total. The molecule has 26 heavy (non-hydrogen) atoms. The molecule has 0 amide bonds.